The zero-order chi connectivity index (χ0) is 17.9. The lowest BCUT2D eigenvalue weighted by Crippen LogP contribution is -2.53. The maximum Gasteiger partial charge on any atom is 0.315 e. The Hall–Kier alpha value is -2.51. The summed E-state index contributed by atoms with van der Waals surface area (Å²) >= 11 is 0. The Bertz CT molecular complexity index is 665. The molecule has 1 heterocycles. The van der Waals surface area contributed by atoms with Crippen molar-refractivity contribution in [3.8, 4) is 0 Å². The highest BCUT2D eigenvalue weighted by Crippen LogP contribution is 2.18. The Labute approximate surface area is 137 Å². The first-order valence-corrected chi connectivity index (χ1v) is 7.55. The number of carboxylic acids is 1. The van der Waals surface area contributed by atoms with Crippen LogP contribution in [0.25, 0.3) is 0 Å². The average Bonchev–Trinajstić information content (AvgIpc) is 2.52. The first-order chi connectivity index (χ1) is 11.3. The second-order valence-corrected chi connectivity index (χ2v) is 5.76. The molecule has 1 aromatic carbocycles. The quantitative estimate of drug-likeness (QED) is 0.791. The molecule has 2 amide bonds. The fourth-order valence-corrected chi connectivity index (χ4v) is 2.50. The van der Waals surface area contributed by atoms with Crippen molar-refractivity contribution in [2.75, 3.05) is 6.54 Å². The van der Waals surface area contributed by atoms with Gasteiger partial charge < -0.3 is 15.3 Å². The number of carbonyl (C=O) groups excluding carboxylic acids is 2. The summed E-state index contributed by atoms with van der Waals surface area (Å²) in [5, 5.41) is 11.2. The number of amides is 2. The third-order valence-electron chi connectivity index (χ3n) is 3.99. The summed E-state index contributed by atoms with van der Waals surface area (Å²) in [6, 6.07) is 2.29. The molecule has 1 aliphatic rings. The molecule has 8 heteroatoms. The van der Waals surface area contributed by atoms with Gasteiger partial charge >= 0.3 is 5.97 Å². The summed E-state index contributed by atoms with van der Waals surface area (Å²) in [6.45, 7) is 1.58. The van der Waals surface area contributed by atoms with E-state index < -0.39 is 41.4 Å². The van der Waals surface area contributed by atoms with Crippen LogP contribution in [0.2, 0.25) is 0 Å². The normalized spacial score (nSPS) is 19.0. The van der Waals surface area contributed by atoms with Crippen LogP contribution in [0.15, 0.2) is 18.2 Å². The van der Waals surface area contributed by atoms with Crippen LogP contribution in [0.4, 0.5) is 8.78 Å². The van der Waals surface area contributed by atoms with Gasteiger partial charge in [0.1, 0.15) is 23.6 Å². The van der Waals surface area contributed by atoms with Gasteiger partial charge in [-0.1, -0.05) is 6.07 Å². The van der Waals surface area contributed by atoms with E-state index in [4.69, 9.17) is 5.11 Å². The number of halogens is 2. The zero-order valence-corrected chi connectivity index (χ0v) is 13.1. The van der Waals surface area contributed by atoms with E-state index in [1.54, 1.807) is 0 Å². The van der Waals surface area contributed by atoms with Gasteiger partial charge in [0.2, 0.25) is 11.8 Å². The third-order valence-corrected chi connectivity index (χ3v) is 3.99. The van der Waals surface area contributed by atoms with Crippen LogP contribution in [0.5, 0.6) is 0 Å². The van der Waals surface area contributed by atoms with Crippen molar-refractivity contribution in [1.29, 1.82) is 0 Å². The minimum Gasteiger partial charge on any atom is -0.481 e. The predicted octanol–water partition coefficient (Wildman–Crippen LogP) is 1.29. The molecule has 6 nitrogen and oxygen atoms in total. The Morgan fingerprint density at radius 3 is 2.75 bits per heavy atom. The Kier molecular flexibility index (Phi) is 5.48. The number of hydrogen-bond acceptors (Lipinski definition) is 3. The van der Waals surface area contributed by atoms with Gasteiger partial charge in [-0.15, -0.1) is 0 Å². The summed E-state index contributed by atoms with van der Waals surface area (Å²) < 4.78 is 26.7. The Balaban J connectivity index is 2.04. The maximum absolute atomic E-state index is 13.7. The van der Waals surface area contributed by atoms with E-state index in [1.807, 2.05) is 0 Å². The standard InChI is InChI=1S/C16H18F2N2O4/c1-9(16(23)24)14(21)19-13-3-2-6-20(15(13)22)8-10-4-5-11(17)7-12(10)18/h4-5,7,9,13H,2-3,6,8H2,1H3,(H,19,21)(H,23,24). The maximum atomic E-state index is 13.7. The highest BCUT2D eigenvalue weighted by molar-refractivity contribution is 5.98. The molecule has 2 atom stereocenters. The van der Waals surface area contributed by atoms with Crippen molar-refractivity contribution in [3.05, 3.63) is 35.4 Å². The molecule has 1 saturated heterocycles. The first kappa shape index (κ1) is 17.8. The number of rotatable bonds is 5. The van der Waals surface area contributed by atoms with E-state index in [-0.39, 0.29) is 12.1 Å². The molecular weight excluding hydrogens is 322 g/mol. The molecule has 2 rings (SSSR count). The fourth-order valence-electron chi connectivity index (χ4n) is 2.50. The zero-order valence-electron chi connectivity index (χ0n) is 13.1. The summed E-state index contributed by atoms with van der Waals surface area (Å²) in [5.74, 6) is -5.13. The lowest BCUT2D eigenvalue weighted by Gasteiger charge is -2.33. The van der Waals surface area contributed by atoms with Crippen LogP contribution in [-0.4, -0.2) is 40.4 Å². The average molecular weight is 340 g/mol. The van der Waals surface area contributed by atoms with E-state index >= 15 is 0 Å². The Morgan fingerprint density at radius 2 is 2.12 bits per heavy atom. The monoisotopic (exact) mass is 340 g/mol. The molecular formula is C16H18F2N2O4. The number of carbonyl (C=O) groups is 3. The fraction of sp³-hybridized carbons (Fsp3) is 0.438. The lowest BCUT2D eigenvalue weighted by molar-refractivity contribution is -0.148. The van der Waals surface area contributed by atoms with E-state index in [2.05, 4.69) is 5.32 Å². The molecule has 1 aromatic rings. The number of aliphatic carboxylic acids is 1. The summed E-state index contributed by atoms with van der Waals surface area (Å²) in [5.41, 5.74) is 0.177. The van der Waals surface area contributed by atoms with E-state index in [0.29, 0.717) is 19.4 Å². The number of hydrogen-bond donors (Lipinski definition) is 2. The number of carboxylic acid groups (broad SMARTS) is 1. The number of likely N-dealkylation sites (tertiary alicyclic amines) is 1. The lowest BCUT2D eigenvalue weighted by atomic mass is 10.0. The van der Waals surface area contributed by atoms with Crippen LogP contribution >= 0.6 is 0 Å². The second kappa shape index (κ2) is 7.37. The van der Waals surface area contributed by atoms with Gasteiger partial charge in [0.15, 0.2) is 0 Å². The van der Waals surface area contributed by atoms with Gasteiger partial charge in [-0.2, -0.15) is 0 Å². The summed E-state index contributed by atoms with van der Waals surface area (Å²) in [7, 11) is 0. The van der Waals surface area contributed by atoms with Gasteiger partial charge in [-0.05, 0) is 25.8 Å². The van der Waals surface area contributed by atoms with Crippen molar-refractivity contribution >= 4 is 17.8 Å². The van der Waals surface area contributed by atoms with Crippen LogP contribution < -0.4 is 5.32 Å². The van der Waals surface area contributed by atoms with Crippen molar-refractivity contribution < 1.29 is 28.3 Å². The smallest absolute Gasteiger partial charge is 0.315 e. The molecule has 2 unspecified atom stereocenters. The van der Waals surface area contributed by atoms with Crippen LogP contribution in [0.3, 0.4) is 0 Å². The molecule has 0 saturated carbocycles. The van der Waals surface area contributed by atoms with Crippen LogP contribution in [-0.2, 0) is 20.9 Å². The molecule has 0 aromatic heterocycles. The molecule has 1 fully saturated rings. The number of nitrogens with one attached hydrogen (secondary N) is 1. The molecule has 130 valence electrons. The van der Waals surface area contributed by atoms with Crippen molar-refractivity contribution in [2.24, 2.45) is 5.92 Å². The number of nitrogens with zero attached hydrogens (tertiary/aromatic N) is 1. The van der Waals surface area contributed by atoms with E-state index in [0.717, 1.165) is 12.1 Å². The minimum absolute atomic E-state index is 0.0359. The van der Waals surface area contributed by atoms with Gasteiger partial charge in [0.05, 0.1) is 0 Å². The van der Waals surface area contributed by atoms with Gasteiger partial charge in [0.25, 0.3) is 0 Å². The molecule has 1 aliphatic heterocycles. The molecule has 0 radical (unpaired) electrons. The molecule has 24 heavy (non-hydrogen) atoms. The van der Waals surface area contributed by atoms with Gasteiger partial charge in [-0.25, -0.2) is 8.78 Å². The highest BCUT2D eigenvalue weighted by Gasteiger charge is 2.32. The molecule has 0 aliphatic carbocycles. The van der Waals surface area contributed by atoms with Gasteiger partial charge in [-0.3, -0.25) is 14.4 Å². The summed E-state index contributed by atoms with van der Waals surface area (Å²) in [6.07, 6.45) is 0.972. The number of piperidine rings is 1. The highest BCUT2D eigenvalue weighted by atomic mass is 19.1. The molecule has 0 bridgehead atoms. The predicted molar refractivity (Wildman–Crippen MR) is 79.7 cm³/mol. The number of benzene rings is 1. The van der Waals surface area contributed by atoms with Gasteiger partial charge in [0, 0.05) is 24.7 Å². The SMILES string of the molecule is CC(C(=O)O)C(=O)NC1CCCN(Cc2ccc(F)cc2F)C1=O. The van der Waals surface area contributed by atoms with Crippen molar-refractivity contribution in [3.63, 3.8) is 0 Å². The van der Waals surface area contributed by atoms with Crippen LogP contribution in [0, 0.1) is 17.6 Å². The minimum atomic E-state index is -1.28. The molecule has 2 N–H and O–H groups in total. The van der Waals surface area contributed by atoms with Crippen LogP contribution in [0.1, 0.15) is 25.3 Å². The van der Waals surface area contributed by atoms with E-state index in [9.17, 15) is 23.2 Å². The first-order valence-electron chi connectivity index (χ1n) is 7.55. The topological polar surface area (TPSA) is 86.7 Å². The van der Waals surface area contributed by atoms with E-state index in [1.165, 1.54) is 17.9 Å². The third kappa shape index (κ3) is 4.06. The Morgan fingerprint density at radius 1 is 1.42 bits per heavy atom. The van der Waals surface area contributed by atoms with Crippen molar-refractivity contribution in [1.82, 2.24) is 10.2 Å². The summed E-state index contributed by atoms with van der Waals surface area (Å²) in [4.78, 5) is 36.4. The molecule has 0 spiro atoms. The largest absolute Gasteiger partial charge is 0.481 e. The van der Waals surface area contributed by atoms with Crippen molar-refractivity contribution in [2.45, 2.75) is 32.4 Å². The second-order valence-electron chi connectivity index (χ2n) is 5.76.